The van der Waals surface area contributed by atoms with Crippen LogP contribution in [0.5, 0.6) is 17.2 Å². The second-order valence-corrected chi connectivity index (χ2v) is 8.17. The molecule has 0 fully saturated rings. The smallest absolute Gasteiger partial charge is 0.251 e. The summed E-state index contributed by atoms with van der Waals surface area (Å²) in [6, 6.07) is 12.8. The first-order chi connectivity index (χ1) is 14.8. The number of unbranched alkanes of at least 4 members (excludes halogenated alkanes) is 2. The predicted octanol–water partition coefficient (Wildman–Crippen LogP) is 4.57. The number of hydrogen-bond donors (Lipinski definition) is 2. The summed E-state index contributed by atoms with van der Waals surface area (Å²) >= 11 is 0. The van der Waals surface area contributed by atoms with E-state index < -0.39 is 0 Å². The van der Waals surface area contributed by atoms with E-state index in [1.807, 2.05) is 45.0 Å². The Labute approximate surface area is 196 Å². The highest BCUT2D eigenvalue weighted by Crippen LogP contribution is 2.28. The number of hydrogen-bond acceptors (Lipinski definition) is 6. The van der Waals surface area contributed by atoms with Crippen LogP contribution in [-0.4, -0.2) is 38.0 Å². The molecule has 0 aliphatic heterocycles. The average molecular weight is 464 g/mol. The lowest BCUT2D eigenvalue weighted by Crippen LogP contribution is -2.40. The number of nitrogens with zero attached hydrogens (tertiary/aromatic N) is 1. The second-order valence-electron chi connectivity index (χ2n) is 8.17. The molecular formula is C24H34ClN3O4. The highest BCUT2D eigenvalue weighted by atomic mass is 35.5. The van der Waals surface area contributed by atoms with Crippen molar-refractivity contribution < 1.29 is 19.0 Å². The van der Waals surface area contributed by atoms with Crippen LogP contribution in [0.1, 0.15) is 56.0 Å². The molecule has 0 spiro atoms. The molecule has 0 atom stereocenters. The summed E-state index contributed by atoms with van der Waals surface area (Å²) in [4.78, 5) is 12.3. The van der Waals surface area contributed by atoms with E-state index in [9.17, 15) is 4.79 Å². The molecule has 3 N–H and O–H groups in total. The van der Waals surface area contributed by atoms with Crippen LogP contribution in [0.15, 0.2) is 47.6 Å². The van der Waals surface area contributed by atoms with Crippen molar-refractivity contribution >= 4 is 24.5 Å². The summed E-state index contributed by atoms with van der Waals surface area (Å²) in [5.74, 6) is 7.00. The molecule has 0 saturated heterocycles. The lowest BCUT2D eigenvalue weighted by Gasteiger charge is -2.21. The largest absolute Gasteiger partial charge is 0.494 e. The minimum atomic E-state index is -0.300. The normalized spacial score (nSPS) is 11.0. The zero-order chi connectivity index (χ0) is 22.7. The summed E-state index contributed by atoms with van der Waals surface area (Å²) in [5.41, 5.74) is 1.18. The molecule has 0 saturated carbocycles. The number of halogens is 1. The maximum atomic E-state index is 12.3. The zero-order valence-corrected chi connectivity index (χ0v) is 20.0. The summed E-state index contributed by atoms with van der Waals surface area (Å²) in [6.07, 6.45) is 4.39. The van der Waals surface area contributed by atoms with E-state index in [0.29, 0.717) is 30.3 Å². The van der Waals surface area contributed by atoms with Crippen LogP contribution in [0.25, 0.3) is 0 Å². The van der Waals surface area contributed by atoms with Crippen LogP contribution in [0.4, 0.5) is 0 Å². The van der Waals surface area contributed by atoms with Gasteiger partial charge in [0.25, 0.3) is 5.91 Å². The molecule has 0 heterocycles. The Morgan fingerprint density at radius 3 is 2.25 bits per heavy atom. The lowest BCUT2D eigenvalue weighted by molar-refractivity contribution is 0.0919. The lowest BCUT2D eigenvalue weighted by atomic mass is 10.1. The number of benzene rings is 2. The standard InChI is InChI=1S/C24H33N3O4.ClH/c1-24(2,3)27-23(28)19-10-13-21(22(16-19)29-4)31-15-7-5-6-14-30-20-11-8-18(9-12-20)17-26-25;/h8-13,16-17H,5-7,14-15,25H2,1-4H3,(H,27,28);1H. The van der Waals surface area contributed by atoms with Crippen molar-refractivity contribution in [3.63, 3.8) is 0 Å². The molecule has 0 aliphatic carbocycles. The summed E-state index contributed by atoms with van der Waals surface area (Å²) < 4.78 is 17.0. The third-order valence-electron chi connectivity index (χ3n) is 4.33. The molecular weight excluding hydrogens is 430 g/mol. The van der Waals surface area contributed by atoms with E-state index in [1.165, 1.54) is 0 Å². The number of nitrogens with two attached hydrogens (primary N) is 1. The van der Waals surface area contributed by atoms with Crippen molar-refractivity contribution in [2.24, 2.45) is 10.9 Å². The van der Waals surface area contributed by atoms with Gasteiger partial charge >= 0.3 is 0 Å². The van der Waals surface area contributed by atoms with Gasteiger partial charge in [-0.3, -0.25) is 4.79 Å². The topological polar surface area (TPSA) is 95.2 Å². The van der Waals surface area contributed by atoms with Crippen molar-refractivity contribution in [3.05, 3.63) is 53.6 Å². The van der Waals surface area contributed by atoms with Gasteiger partial charge in [-0.05, 0) is 88.1 Å². The SMILES string of the molecule is COc1cc(C(=O)NC(C)(C)C)ccc1OCCCCCOc1ccc(C=NN)cc1.Cl. The first-order valence-electron chi connectivity index (χ1n) is 10.4. The molecule has 32 heavy (non-hydrogen) atoms. The number of carbonyl (C=O) groups excluding carboxylic acids is 1. The molecule has 7 nitrogen and oxygen atoms in total. The fraction of sp³-hybridized carbons (Fsp3) is 0.417. The quantitative estimate of drug-likeness (QED) is 0.220. The van der Waals surface area contributed by atoms with Gasteiger partial charge in [0, 0.05) is 11.1 Å². The van der Waals surface area contributed by atoms with Crippen molar-refractivity contribution in [1.82, 2.24) is 5.32 Å². The first kappa shape index (κ1) is 27.1. The van der Waals surface area contributed by atoms with E-state index in [2.05, 4.69) is 10.4 Å². The molecule has 0 unspecified atom stereocenters. The van der Waals surface area contributed by atoms with Crippen molar-refractivity contribution in [2.75, 3.05) is 20.3 Å². The van der Waals surface area contributed by atoms with E-state index >= 15 is 0 Å². The molecule has 2 aromatic rings. The van der Waals surface area contributed by atoms with Crippen molar-refractivity contribution in [1.29, 1.82) is 0 Å². The van der Waals surface area contributed by atoms with Gasteiger partial charge in [0.05, 0.1) is 26.5 Å². The zero-order valence-electron chi connectivity index (χ0n) is 19.2. The van der Waals surface area contributed by atoms with Gasteiger partial charge in [-0.2, -0.15) is 5.10 Å². The number of nitrogens with one attached hydrogen (secondary N) is 1. The maximum Gasteiger partial charge on any atom is 0.251 e. The molecule has 0 aliphatic rings. The minimum Gasteiger partial charge on any atom is -0.494 e. The van der Waals surface area contributed by atoms with Gasteiger partial charge in [0.1, 0.15) is 5.75 Å². The first-order valence-corrected chi connectivity index (χ1v) is 10.4. The summed E-state index contributed by atoms with van der Waals surface area (Å²) in [7, 11) is 1.57. The number of rotatable bonds is 11. The summed E-state index contributed by atoms with van der Waals surface area (Å²) in [5, 5.41) is 6.43. The Morgan fingerprint density at radius 2 is 1.66 bits per heavy atom. The number of methoxy groups -OCH3 is 1. The highest BCUT2D eigenvalue weighted by molar-refractivity contribution is 5.95. The third-order valence-corrected chi connectivity index (χ3v) is 4.33. The fourth-order valence-corrected chi connectivity index (χ4v) is 2.83. The average Bonchev–Trinajstić information content (AvgIpc) is 2.73. The predicted molar refractivity (Wildman–Crippen MR) is 131 cm³/mol. The van der Waals surface area contributed by atoms with Crippen LogP contribution in [0.3, 0.4) is 0 Å². The van der Waals surface area contributed by atoms with Crippen LogP contribution in [-0.2, 0) is 0 Å². The third kappa shape index (κ3) is 9.47. The Kier molecular flexibility index (Phi) is 11.4. The number of amides is 1. The second kappa shape index (κ2) is 13.5. The Balaban J connectivity index is 0.00000512. The number of ether oxygens (including phenoxy) is 3. The van der Waals surface area contributed by atoms with Gasteiger partial charge in [0.15, 0.2) is 11.5 Å². The molecule has 0 radical (unpaired) electrons. The van der Waals surface area contributed by atoms with Crippen molar-refractivity contribution in [2.45, 2.75) is 45.6 Å². The van der Waals surface area contributed by atoms with E-state index in [0.717, 1.165) is 30.6 Å². The molecule has 176 valence electrons. The Bertz CT molecular complexity index is 865. The van der Waals surface area contributed by atoms with Crippen LogP contribution >= 0.6 is 12.4 Å². The van der Waals surface area contributed by atoms with Gasteiger partial charge in [-0.25, -0.2) is 0 Å². The molecule has 2 rings (SSSR count). The van der Waals surface area contributed by atoms with Gasteiger partial charge < -0.3 is 25.4 Å². The van der Waals surface area contributed by atoms with E-state index in [4.69, 9.17) is 20.1 Å². The molecule has 0 bridgehead atoms. The Hall–Kier alpha value is -2.93. The molecule has 0 aromatic heterocycles. The maximum absolute atomic E-state index is 12.3. The van der Waals surface area contributed by atoms with Gasteiger partial charge in [0.2, 0.25) is 0 Å². The minimum absolute atomic E-state index is 0. The van der Waals surface area contributed by atoms with E-state index in [-0.39, 0.29) is 23.9 Å². The van der Waals surface area contributed by atoms with Crippen LogP contribution in [0.2, 0.25) is 0 Å². The van der Waals surface area contributed by atoms with Gasteiger partial charge in [-0.1, -0.05) is 0 Å². The molecule has 2 aromatic carbocycles. The van der Waals surface area contributed by atoms with Gasteiger partial charge in [-0.15, -0.1) is 12.4 Å². The Morgan fingerprint density at radius 1 is 1.00 bits per heavy atom. The monoisotopic (exact) mass is 463 g/mol. The highest BCUT2D eigenvalue weighted by Gasteiger charge is 2.17. The summed E-state index contributed by atoms with van der Waals surface area (Å²) in [6.45, 7) is 7.04. The van der Waals surface area contributed by atoms with Crippen LogP contribution in [0, 0.1) is 0 Å². The van der Waals surface area contributed by atoms with Crippen molar-refractivity contribution in [3.8, 4) is 17.2 Å². The molecule has 1 amide bonds. The van der Waals surface area contributed by atoms with E-state index in [1.54, 1.807) is 31.5 Å². The van der Waals surface area contributed by atoms with Crippen LogP contribution < -0.4 is 25.4 Å². The number of carbonyl (C=O) groups is 1. The number of hydrazone groups is 1. The fourth-order valence-electron chi connectivity index (χ4n) is 2.83. The molecule has 8 heteroatoms.